The van der Waals surface area contributed by atoms with Crippen LogP contribution in [0.1, 0.15) is 5.56 Å². The number of para-hydroxylation sites is 3. The van der Waals surface area contributed by atoms with Crippen LogP contribution in [0, 0.1) is 6.92 Å². The first-order valence-electron chi connectivity index (χ1n) is 6.25. The van der Waals surface area contributed by atoms with Gasteiger partial charge in [-0.1, -0.05) is 30.3 Å². The smallest absolute Gasteiger partial charge is 0.209 e. The number of imidazole rings is 1. The lowest BCUT2D eigenvalue weighted by Crippen LogP contribution is -1.91. The first-order valence-corrected chi connectivity index (χ1v) is 6.25. The zero-order chi connectivity index (χ0) is 12.8. The Bertz CT molecular complexity index is 886. The van der Waals surface area contributed by atoms with Crippen molar-refractivity contribution in [3.05, 3.63) is 60.4 Å². The molecule has 4 aromatic rings. The van der Waals surface area contributed by atoms with Crippen LogP contribution in [-0.4, -0.2) is 9.55 Å². The minimum absolute atomic E-state index is 0.843. The summed E-state index contributed by atoms with van der Waals surface area (Å²) in [5, 5.41) is 1.15. The summed E-state index contributed by atoms with van der Waals surface area (Å²) in [4.78, 5) is 4.41. The van der Waals surface area contributed by atoms with Crippen LogP contribution in [-0.2, 0) is 0 Å². The van der Waals surface area contributed by atoms with Crippen molar-refractivity contribution < 1.29 is 4.42 Å². The molecule has 0 amide bonds. The minimum Gasteiger partial charge on any atom is -0.439 e. The summed E-state index contributed by atoms with van der Waals surface area (Å²) in [6.07, 6.45) is 1.81. The molecule has 0 saturated heterocycles. The molecular weight excluding hydrogens is 236 g/mol. The summed E-state index contributed by atoms with van der Waals surface area (Å²) in [5.41, 5.74) is 4.08. The van der Waals surface area contributed by atoms with Crippen LogP contribution in [0.4, 0.5) is 0 Å². The highest BCUT2D eigenvalue weighted by atomic mass is 16.4. The van der Waals surface area contributed by atoms with Gasteiger partial charge in [-0.05, 0) is 25.1 Å². The number of nitrogens with zero attached hydrogens (tertiary/aromatic N) is 2. The largest absolute Gasteiger partial charge is 0.439 e. The van der Waals surface area contributed by atoms with Gasteiger partial charge in [-0.3, -0.25) is 4.57 Å². The topological polar surface area (TPSA) is 31.0 Å². The van der Waals surface area contributed by atoms with Crippen molar-refractivity contribution in [2.45, 2.75) is 6.92 Å². The van der Waals surface area contributed by atoms with E-state index in [1.165, 1.54) is 0 Å². The predicted octanol–water partition coefficient (Wildman–Crippen LogP) is 4.08. The van der Waals surface area contributed by atoms with Crippen molar-refractivity contribution >= 4 is 22.0 Å². The fraction of sp³-hybridized carbons (Fsp3) is 0.0625. The Morgan fingerprint density at radius 1 is 1.00 bits per heavy atom. The van der Waals surface area contributed by atoms with Gasteiger partial charge in [0.2, 0.25) is 5.88 Å². The van der Waals surface area contributed by atoms with E-state index in [2.05, 4.69) is 24.0 Å². The van der Waals surface area contributed by atoms with E-state index in [1.807, 2.05) is 47.3 Å². The van der Waals surface area contributed by atoms with E-state index in [0.717, 1.165) is 33.5 Å². The van der Waals surface area contributed by atoms with E-state index >= 15 is 0 Å². The average molecular weight is 248 g/mol. The van der Waals surface area contributed by atoms with Gasteiger partial charge < -0.3 is 4.42 Å². The number of aromatic nitrogens is 2. The monoisotopic (exact) mass is 248 g/mol. The summed E-state index contributed by atoms with van der Waals surface area (Å²) >= 11 is 0. The number of hydrogen-bond acceptors (Lipinski definition) is 2. The molecule has 4 rings (SSSR count). The van der Waals surface area contributed by atoms with Crippen molar-refractivity contribution in [1.29, 1.82) is 0 Å². The number of rotatable bonds is 1. The fourth-order valence-electron chi connectivity index (χ4n) is 2.51. The van der Waals surface area contributed by atoms with E-state index in [1.54, 1.807) is 0 Å². The predicted molar refractivity (Wildman–Crippen MR) is 75.6 cm³/mol. The lowest BCUT2D eigenvalue weighted by molar-refractivity contribution is 0.581. The van der Waals surface area contributed by atoms with Crippen LogP contribution >= 0.6 is 0 Å². The van der Waals surface area contributed by atoms with E-state index in [-0.39, 0.29) is 0 Å². The summed E-state index contributed by atoms with van der Waals surface area (Å²) in [5.74, 6) is 0.843. The number of furan rings is 1. The first kappa shape index (κ1) is 10.4. The molecule has 0 aliphatic carbocycles. The molecule has 0 aliphatic heterocycles. The average Bonchev–Trinajstić information content (AvgIpc) is 3.01. The molecule has 2 aromatic carbocycles. The Morgan fingerprint density at radius 2 is 1.79 bits per heavy atom. The van der Waals surface area contributed by atoms with Crippen molar-refractivity contribution in [2.75, 3.05) is 0 Å². The van der Waals surface area contributed by atoms with E-state index in [9.17, 15) is 0 Å². The molecule has 0 atom stereocenters. The number of benzene rings is 2. The zero-order valence-electron chi connectivity index (χ0n) is 10.5. The third-order valence-electron chi connectivity index (χ3n) is 3.49. The van der Waals surface area contributed by atoms with E-state index in [4.69, 9.17) is 4.42 Å². The number of hydrogen-bond donors (Lipinski definition) is 0. The summed E-state index contributed by atoms with van der Waals surface area (Å²) in [6, 6.07) is 16.1. The SMILES string of the molecule is Cc1c(-n2cnc3ccccc32)oc2ccccc12. The number of fused-ring (bicyclic) bond motifs is 2. The van der Waals surface area contributed by atoms with E-state index < -0.39 is 0 Å². The van der Waals surface area contributed by atoms with Gasteiger partial charge in [-0.15, -0.1) is 0 Å². The van der Waals surface area contributed by atoms with Crippen molar-refractivity contribution in [2.24, 2.45) is 0 Å². The molecule has 2 heterocycles. The van der Waals surface area contributed by atoms with Crippen LogP contribution in [0.15, 0.2) is 59.3 Å². The van der Waals surface area contributed by atoms with Gasteiger partial charge in [0.05, 0.1) is 11.0 Å². The van der Waals surface area contributed by atoms with Crippen LogP contribution < -0.4 is 0 Å². The Balaban J connectivity index is 2.07. The maximum atomic E-state index is 5.97. The Hall–Kier alpha value is -2.55. The molecule has 0 fully saturated rings. The van der Waals surface area contributed by atoms with Crippen LogP contribution in [0.25, 0.3) is 27.9 Å². The second-order valence-corrected chi connectivity index (χ2v) is 4.63. The van der Waals surface area contributed by atoms with Gasteiger partial charge in [0.1, 0.15) is 11.9 Å². The summed E-state index contributed by atoms with van der Waals surface area (Å²) in [7, 11) is 0. The molecule has 3 nitrogen and oxygen atoms in total. The molecular formula is C16H12N2O. The van der Waals surface area contributed by atoms with Gasteiger partial charge in [0.15, 0.2) is 0 Å². The lowest BCUT2D eigenvalue weighted by atomic mass is 10.2. The third kappa shape index (κ3) is 1.41. The Labute approximate surface area is 110 Å². The molecule has 0 N–H and O–H groups in total. The van der Waals surface area contributed by atoms with Crippen LogP contribution in [0.5, 0.6) is 0 Å². The molecule has 92 valence electrons. The zero-order valence-corrected chi connectivity index (χ0v) is 10.5. The number of aryl methyl sites for hydroxylation is 1. The standard InChI is InChI=1S/C16H12N2O/c1-11-12-6-2-5-9-15(12)19-16(11)18-10-17-13-7-3-4-8-14(13)18/h2-10H,1H3. The molecule has 3 heteroatoms. The van der Waals surface area contributed by atoms with E-state index in [0.29, 0.717) is 0 Å². The first-order chi connectivity index (χ1) is 9.34. The highest BCUT2D eigenvalue weighted by Crippen LogP contribution is 2.29. The van der Waals surface area contributed by atoms with Crippen LogP contribution in [0.3, 0.4) is 0 Å². The molecule has 0 aliphatic rings. The van der Waals surface area contributed by atoms with Crippen molar-refractivity contribution in [3.8, 4) is 5.88 Å². The molecule has 19 heavy (non-hydrogen) atoms. The highest BCUT2D eigenvalue weighted by molar-refractivity contribution is 5.85. The summed E-state index contributed by atoms with van der Waals surface area (Å²) < 4.78 is 7.98. The Kier molecular flexibility index (Phi) is 2.03. The second-order valence-electron chi connectivity index (χ2n) is 4.63. The quantitative estimate of drug-likeness (QED) is 0.508. The molecule has 0 spiro atoms. The maximum absolute atomic E-state index is 5.97. The van der Waals surface area contributed by atoms with Crippen molar-refractivity contribution in [1.82, 2.24) is 9.55 Å². The molecule has 2 aromatic heterocycles. The lowest BCUT2D eigenvalue weighted by Gasteiger charge is -2.00. The van der Waals surface area contributed by atoms with Gasteiger partial charge >= 0.3 is 0 Å². The van der Waals surface area contributed by atoms with Gasteiger partial charge in [-0.25, -0.2) is 4.98 Å². The van der Waals surface area contributed by atoms with Gasteiger partial charge in [0.25, 0.3) is 0 Å². The molecule has 0 saturated carbocycles. The normalized spacial score (nSPS) is 11.4. The highest BCUT2D eigenvalue weighted by Gasteiger charge is 2.13. The van der Waals surface area contributed by atoms with Crippen LogP contribution in [0.2, 0.25) is 0 Å². The fourth-order valence-corrected chi connectivity index (χ4v) is 2.51. The van der Waals surface area contributed by atoms with Gasteiger partial charge in [-0.2, -0.15) is 0 Å². The Morgan fingerprint density at radius 3 is 2.68 bits per heavy atom. The molecule has 0 radical (unpaired) electrons. The molecule has 0 bridgehead atoms. The minimum atomic E-state index is 0.843. The van der Waals surface area contributed by atoms with Gasteiger partial charge in [0, 0.05) is 10.9 Å². The third-order valence-corrected chi connectivity index (χ3v) is 3.49. The summed E-state index contributed by atoms with van der Waals surface area (Å²) in [6.45, 7) is 2.08. The second kappa shape index (κ2) is 3.72. The molecule has 0 unspecified atom stereocenters. The van der Waals surface area contributed by atoms with Crippen molar-refractivity contribution in [3.63, 3.8) is 0 Å². The maximum Gasteiger partial charge on any atom is 0.209 e.